The minimum absolute atomic E-state index is 0.179. The zero-order valence-corrected chi connectivity index (χ0v) is 17.7. The SMILES string of the molecule is CC(C)Cn1nc(C(=O)N(Cc2ccccc2)Cc2ccco2)c2ccccc2c1=O. The van der Waals surface area contributed by atoms with E-state index < -0.39 is 0 Å². The molecule has 0 aliphatic heterocycles. The molecule has 0 saturated carbocycles. The van der Waals surface area contributed by atoms with Crippen molar-refractivity contribution < 1.29 is 9.21 Å². The Labute approximate surface area is 180 Å². The lowest BCUT2D eigenvalue weighted by Gasteiger charge is -2.23. The minimum Gasteiger partial charge on any atom is -0.467 e. The van der Waals surface area contributed by atoms with E-state index in [1.165, 1.54) is 4.68 Å². The van der Waals surface area contributed by atoms with E-state index in [0.717, 1.165) is 5.56 Å². The Morgan fingerprint density at radius 1 is 0.968 bits per heavy atom. The monoisotopic (exact) mass is 415 g/mol. The number of hydrogen-bond donors (Lipinski definition) is 0. The second-order valence-corrected chi connectivity index (χ2v) is 8.00. The van der Waals surface area contributed by atoms with Crippen molar-refractivity contribution in [3.8, 4) is 0 Å². The topological polar surface area (TPSA) is 68.3 Å². The number of nitrogens with zero attached hydrogens (tertiary/aromatic N) is 3. The molecule has 1 amide bonds. The first kappa shape index (κ1) is 20.6. The van der Waals surface area contributed by atoms with Crippen LogP contribution in [0.2, 0.25) is 0 Å². The zero-order valence-electron chi connectivity index (χ0n) is 17.7. The Hall–Kier alpha value is -3.67. The van der Waals surface area contributed by atoms with Gasteiger partial charge in [0.15, 0.2) is 5.69 Å². The number of amides is 1. The van der Waals surface area contributed by atoms with Crippen molar-refractivity contribution in [2.45, 2.75) is 33.5 Å². The third-order valence-corrected chi connectivity index (χ3v) is 5.04. The molecule has 4 aromatic rings. The van der Waals surface area contributed by atoms with Crippen molar-refractivity contribution in [2.75, 3.05) is 0 Å². The molecule has 4 rings (SSSR count). The fourth-order valence-corrected chi connectivity index (χ4v) is 3.61. The predicted octanol–water partition coefficient (Wildman–Crippen LogP) is 4.49. The summed E-state index contributed by atoms with van der Waals surface area (Å²) in [5.74, 6) is 0.663. The van der Waals surface area contributed by atoms with Crippen molar-refractivity contribution in [1.29, 1.82) is 0 Å². The maximum Gasteiger partial charge on any atom is 0.275 e. The molecule has 0 aliphatic carbocycles. The minimum atomic E-state index is -0.242. The quantitative estimate of drug-likeness (QED) is 0.446. The van der Waals surface area contributed by atoms with Crippen molar-refractivity contribution in [2.24, 2.45) is 5.92 Å². The zero-order chi connectivity index (χ0) is 21.8. The van der Waals surface area contributed by atoms with Crippen molar-refractivity contribution >= 4 is 16.7 Å². The Morgan fingerprint density at radius 2 is 1.68 bits per heavy atom. The molecule has 0 radical (unpaired) electrons. The molecule has 0 N–H and O–H groups in total. The molecule has 0 bridgehead atoms. The summed E-state index contributed by atoms with van der Waals surface area (Å²) >= 11 is 0. The van der Waals surface area contributed by atoms with E-state index in [2.05, 4.69) is 5.10 Å². The van der Waals surface area contributed by atoms with E-state index in [0.29, 0.717) is 36.2 Å². The van der Waals surface area contributed by atoms with Crippen molar-refractivity contribution in [3.63, 3.8) is 0 Å². The van der Waals surface area contributed by atoms with Gasteiger partial charge in [0.25, 0.3) is 11.5 Å². The number of carbonyl (C=O) groups is 1. The van der Waals surface area contributed by atoms with Crippen molar-refractivity contribution in [3.05, 3.63) is 100 Å². The lowest BCUT2D eigenvalue weighted by Crippen LogP contribution is -2.34. The van der Waals surface area contributed by atoms with Crippen LogP contribution >= 0.6 is 0 Å². The van der Waals surface area contributed by atoms with Crippen LogP contribution in [0.4, 0.5) is 0 Å². The number of rotatable bonds is 7. The summed E-state index contributed by atoms with van der Waals surface area (Å²) in [7, 11) is 0. The van der Waals surface area contributed by atoms with E-state index in [4.69, 9.17) is 4.42 Å². The van der Waals surface area contributed by atoms with Gasteiger partial charge in [0.05, 0.1) is 18.2 Å². The smallest absolute Gasteiger partial charge is 0.275 e. The first-order valence-corrected chi connectivity index (χ1v) is 10.4. The fraction of sp³-hybridized carbons (Fsp3) is 0.240. The lowest BCUT2D eigenvalue weighted by atomic mass is 10.1. The highest BCUT2D eigenvalue weighted by molar-refractivity contribution is 6.04. The molecule has 158 valence electrons. The van der Waals surface area contributed by atoms with Crippen LogP contribution in [0.25, 0.3) is 10.8 Å². The number of benzene rings is 2. The van der Waals surface area contributed by atoms with Gasteiger partial charge in [0, 0.05) is 18.5 Å². The van der Waals surface area contributed by atoms with Gasteiger partial charge in [-0.3, -0.25) is 9.59 Å². The Bertz CT molecular complexity index is 1230. The van der Waals surface area contributed by atoms with E-state index >= 15 is 0 Å². The molecular formula is C25H25N3O3. The predicted molar refractivity (Wildman–Crippen MR) is 120 cm³/mol. The van der Waals surface area contributed by atoms with Crippen molar-refractivity contribution in [1.82, 2.24) is 14.7 Å². The molecule has 0 atom stereocenters. The van der Waals surface area contributed by atoms with Gasteiger partial charge in [-0.1, -0.05) is 62.4 Å². The Kier molecular flexibility index (Phi) is 5.98. The van der Waals surface area contributed by atoms with E-state index in [9.17, 15) is 9.59 Å². The standard InChI is InChI=1S/C25H25N3O3/c1-18(2)15-28-24(29)22-13-7-6-12-21(22)23(26-28)25(30)27(17-20-11-8-14-31-20)16-19-9-4-3-5-10-19/h3-14,18H,15-17H2,1-2H3. The first-order valence-electron chi connectivity index (χ1n) is 10.4. The average Bonchev–Trinajstić information content (AvgIpc) is 3.28. The van der Waals surface area contributed by atoms with Crippen LogP contribution in [0.5, 0.6) is 0 Å². The van der Waals surface area contributed by atoms with Gasteiger partial charge in [-0.05, 0) is 29.7 Å². The normalized spacial score (nSPS) is 11.2. The number of aromatic nitrogens is 2. The third-order valence-electron chi connectivity index (χ3n) is 5.04. The maximum atomic E-state index is 13.7. The summed E-state index contributed by atoms with van der Waals surface area (Å²) in [5.41, 5.74) is 1.10. The number of fused-ring (bicyclic) bond motifs is 1. The molecule has 0 spiro atoms. The van der Waals surface area contributed by atoms with Gasteiger partial charge in [-0.2, -0.15) is 5.10 Å². The lowest BCUT2D eigenvalue weighted by molar-refractivity contribution is 0.0711. The van der Waals surface area contributed by atoms with Gasteiger partial charge in [0.2, 0.25) is 0 Å². The van der Waals surface area contributed by atoms with Gasteiger partial charge in [-0.15, -0.1) is 0 Å². The summed E-state index contributed by atoms with van der Waals surface area (Å²) < 4.78 is 6.91. The highest BCUT2D eigenvalue weighted by Crippen LogP contribution is 2.19. The molecule has 2 heterocycles. The summed E-state index contributed by atoms with van der Waals surface area (Å²) in [4.78, 5) is 28.4. The highest BCUT2D eigenvalue weighted by Gasteiger charge is 2.23. The molecular weight excluding hydrogens is 390 g/mol. The van der Waals surface area contributed by atoms with Crippen LogP contribution in [-0.2, 0) is 19.6 Å². The van der Waals surface area contributed by atoms with Gasteiger partial charge in [0.1, 0.15) is 5.76 Å². The van der Waals surface area contributed by atoms with Crippen LogP contribution in [0, 0.1) is 5.92 Å². The Balaban J connectivity index is 1.80. The molecule has 2 aromatic carbocycles. The van der Waals surface area contributed by atoms with E-state index in [1.807, 2.05) is 62.4 Å². The van der Waals surface area contributed by atoms with Gasteiger partial charge in [-0.25, -0.2) is 4.68 Å². The van der Waals surface area contributed by atoms with Gasteiger partial charge >= 0.3 is 0 Å². The second kappa shape index (κ2) is 9.00. The molecule has 6 heteroatoms. The van der Waals surface area contributed by atoms with Crippen LogP contribution in [0.1, 0.15) is 35.7 Å². The number of carbonyl (C=O) groups excluding carboxylic acids is 1. The summed E-state index contributed by atoms with van der Waals surface area (Å²) in [5, 5.41) is 5.58. The summed E-state index contributed by atoms with van der Waals surface area (Å²) in [6.45, 7) is 5.19. The third kappa shape index (κ3) is 4.58. The van der Waals surface area contributed by atoms with Crippen LogP contribution < -0.4 is 5.56 Å². The van der Waals surface area contributed by atoms with E-state index in [1.54, 1.807) is 29.4 Å². The molecule has 0 fully saturated rings. The van der Waals surface area contributed by atoms with Gasteiger partial charge < -0.3 is 9.32 Å². The summed E-state index contributed by atoms with van der Waals surface area (Å²) in [6, 6.07) is 20.6. The maximum absolute atomic E-state index is 13.7. The largest absolute Gasteiger partial charge is 0.467 e. The molecule has 2 aromatic heterocycles. The molecule has 31 heavy (non-hydrogen) atoms. The molecule has 0 saturated heterocycles. The summed E-state index contributed by atoms with van der Waals surface area (Å²) in [6.07, 6.45) is 1.59. The van der Waals surface area contributed by atoms with E-state index in [-0.39, 0.29) is 23.1 Å². The molecule has 0 unspecified atom stereocenters. The second-order valence-electron chi connectivity index (χ2n) is 8.00. The first-order chi connectivity index (χ1) is 15.0. The number of furan rings is 1. The highest BCUT2D eigenvalue weighted by atomic mass is 16.3. The van der Waals surface area contributed by atoms with Crippen LogP contribution in [0.15, 0.2) is 82.2 Å². The van der Waals surface area contributed by atoms with Crippen LogP contribution in [-0.4, -0.2) is 20.6 Å². The fourth-order valence-electron chi connectivity index (χ4n) is 3.61. The number of hydrogen-bond acceptors (Lipinski definition) is 4. The van der Waals surface area contributed by atoms with Crippen LogP contribution in [0.3, 0.4) is 0 Å². The Morgan fingerprint density at radius 3 is 2.35 bits per heavy atom. The molecule has 6 nitrogen and oxygen atoms in total. The molecule has 0 aliphatic rings. The average molecular weight is 415 g/mol.